The van der Waals surface area contributed by atoms with Gasteiger partial charge in [0.2, 0.25) is 0 Å². The van der Waals surface area contributed by atoms with Crippen LogP contribution in [0, 0.1) is 69.2 Å². The van der Waals surface area contributed by atoms with E-state index in [2.05, 4.69) is 384 Å². The van der Waals surface area contributed by atoms with Crippen molar-refractivity contribution in [3.8, 4) is 50.2 Å². The lowest BCUT2D eigenvalue weighted by Crippen LogP contribution is -2.11. The minimum atomic E-state index is -0.0216. The molecular weight excluding hydrogens is 1470 g/mol. The molecular formula is C116H109NO2S. The Balaban J connectivity index is 0.000000155. The van der Waals surface area contributed by atoms with Crippen LogP contribution in [0.5, 0.6) is 0 Å². The SMILES string of the molecule is Cc1cc(C)c(-c2cc3c4sc5cc(C(C)(C)C)ccc5c4cc4c(-c5c(C)cc(C)cc5C)cc5c6oc7cc(C(C)(C)C)ccc7c6cc2c5c43)c(C)c1.Cc1cccc(C)c1-c1cc2c3c(cc4c5ccc(C(C)(C)C)cc5n(-c5ccc(C(C)(C)C)cc5)c42)c(-c2c(C)cccc2C)cc2c4oc5cc(C(C)(C)C)ccc5c4cc1c23. The Morgan fingerprint density at radius 3 is 1.01 bits per heavy atom. The molecule has 0 aliphatic carbocycles. The molecule has 0 radical (unpaired) electrons. The van der Waals surface area contributed by atoms with Crippen LogP contribution < -0.4 is 0 Å². The van der Waals surface area contributed by atoms with Gasteiger partial charge in [0, 0.05) is 95.9 Å². The minimum absolute atomic E-state index is 0.00718. The van der Waals surface area contributed by atoms with Crippen LogP contribution in [0.25, 0.3) is 201 Å². The highest BCUT2D eigenvalue weighted by Crippen LogP contribution is 2.57. The maximum atomic E-state index is 7.20. The smallest absolute Gasteiger partial charge is 0.143 e. The van der Waals surface area contributed by atoms with Crippen molar-refractivity contribution in [1.82, 2.24) is 4.57 Å². The lowest BCUT2D eigenvalue weighted by atomic mass is 9.81. The summed E-state index contributed by atoms with van der Waals surface area (Å²) in [4.78, 5) is 0. The third-order valence-electron chi connectivity index (χ3n) is 27.2. The van der Waals surface area contributed by atoms with Crippen molar-refractivity contribution in [2.75, 3.05) is 0 Å². The lowest BCUT2D eigenvalue weighted by molar-refractivity contribution is 0.587. The Labute approximate surface area is 710 Å². The van der Waals surface area contributed by atoms with Crippen molar-refractivity contribution < 1.29 is 8.83 Å². The summed E-state index contributed by atoms with van der Waals surface area (Å²) in [6.45, 7) is 57.2. The lowest BCUT2D eigenvalue weighted by Gasteiger charge is -2.23. The molecule has 0 atom stereocenters. The number of aromatic nitrogens is 1. The molecule has 4 heteroatoms. The molecule has 0 fully saturated rings. The van der Waals surface area contributed by atoms with Crippen molar-refractivity contribution in [3.63, 3.8) is 0 Å². The topological polar surface area (TPSA) is 31.2 Å². The Hall–Kier alpha value is -11.6. The fraction of sp³-hybridized carbons (Fsp3) is 0.259. The molecule has 0 spiro atoms. The molecule has 0 aliphatic heterocycles. The monoisotopic (exact) mass is 1580 g/mol. The number of hydrogen-bond acceptors (Lipinski definition) is 3. The highest BCUT2D eigenvalue weighted by atomic mass is 32.1. The van der Waals surface area contributed by atoms with Gasteiger partial charge in [-0.25, -0.2) is 0 Å². The summed E-state index contributed by atoms with van der Waals surface area (Å²) in [5.41, 5.74) is 37.4. The van der Waals surface area contributed by atoms with E-state index in [1.54, 1.807) is 0 Å². The molecule has 17 aromatic carbocycles. The molecule has 4 aromatic heterocycles. The summed E-state index contributed by atoms with van der Waals surface area (Å²) in [5, 5.41) is 25.2. The number of thiophene rings is 1. The van der Waals surface area contributed by atoms with E-state index in [0.717, 1.165) is 38.5 Å². The van der Waals surface area contributed by atoms with E-state index in [-0.39, 0.29) is 27.1 Å². The van der Waals surface area contributed by atoms with E-state index >= 15 is 0 Å². The molecule has 3 nitrogen and oxygen atoms in total. The van der Waals surface area contributed by atoms with E-state index in [0.29, 0.717) is 0 Å². The average molecular weight is 1580 g/mol. The molecule has 0 saturated carbocycles. The van der Waals surface area contributed by atoms with Crippen molar-refractivity contribution in [3.05, 3.63) is 290 Å². The fourth-order valence-electron chi connectivity index (χ4n) is 21.1. The van der Waals surface area contributed by atoms with Gasteiger partial charge in [-0.05, 0) is 325 Å². The van der Waals surface area contributed by atoms with Crippen LogP contribution in [-0.2, 0) is 27.1 Å². The zero-order chi connectivity index (χ0) is 84.3. The van der Waals surface area contributed by atoms with Crippen LogP contribution in [0.15, 0.2) is 215 Å². The number of rotatable bonds is 5. The number of fused-ring (bicyclic) bond motifs is 16. The second-order valence-corrected chi connectivity index (χ2v) is 42.0. The van der Waals surface area contributed by atoms with E-state index < -0.39 is 0 Å². The van der Waals surface area contributed by atoms with Gasteiger partial charge in [0.1, 0.15) is 22.3 Å². The van der Waals surface area contributed by atoms with Crippen LogP contribution >= 0.6 is 11.3 Å². The van der Waals surface area contributed by atoms with Crippen LogP contribution in [0.3, 0.4) is 0 Å². The summed E-state index contributed by atoms with van der Waals surface area (Å²) in [5.74, 6) is 0. The van der Waals surface area contributed by atoms with E-state index in [1.807, 2.05) is 11.3 Å². The van der Waals surface area contributed by atoms with Crippen LogP contribution in [-0.4, -0.2) is 4.57 Å². The molecule has 0 saturated heterocycles. The van der Waals surface area contributed by atoms with Crippen LogP contribution in [0.1, 0.15) is 187 Å². The van der Waals surface area contributed by atoms with Gasteiger partial charge in [-0.2, -0.15) is 0 Å². The Kier molecular flexibility index (Phi) is 17.0. The summed E-state index contributed by atoms with van der Waals surface area (Å²) in [7, 11) is 0. The van der Waals surface area contributed by atoms with Gasteiger partial charge in [-0.3, -0.25) is 0 Å². The van der Waals surface area contributed by atoms with Crippen LogP contribution in [0.2, 0.25) is 0 Å². The maximum Gasteiger partial charge on any atom is 0.143 e. The fourth-order valence-corrected chi connectivity index (χ4v) is 22.4. The van der Waals surface area contributed by atoms with E-state index in [4.69, 9.17) is 8.83 Å². The molecule has 21 rings (SSSR count). The number of hydrogen-bond donors (Lipinski definition) is 0. The first kappa shape index (κ1) is 77.1. The molecule has 0 N–H and O–H groups in total. The molecule has 4 heterocycles. The Morgan fingerprint density at radius 1 is 0.250 bits per heavy atom. The largest absolute Gasteiger partial charge is 0.455 e. The first-order valence-corrected chi connectivity index (χ1v) is 44.2. The third-order valence-corrected chi connectivity index (χ3v) is 28.4. The van der Waals surface area contributed by atoms with Crippen molar-refractivity contribution in [1.29, 1.82) is 0 Å². The van der Waals surface area contributed by atoms with Crippen molar-refractivity contribution >= 4 is 162 Å². The highest BCUT2D eigenvalue weighted by molar-refractivity contribution is 7.26. The second kappa shape index (κ2) is 26.5. The molecule has 120 heavy (non-hydrogen) atoms. The zero-order valence-electron chi connectivity index (χ0n) is 74.8. The molecule has 0 bridgehead atoms. The van der Waals surface area contributed by atoms with Crippen molar-refractivity contribution in [2.24, 2.45) is 0 Å². The van der Waals surface area contributed by atoms with Crippen LogP contribution in [0.4, 0.5) is 0 Å². The van der Waals surface area contributed by atoms with Gasteiger partial charge in [0.15, 0.2) is 0 Å². The maximum absolute atomic E-state index is 7.20. The van der Waals surface area contributed by atoms with Gasteiger partial charge in [0.25, 0.3) is 0 Å². The zero-order valence-corrected chi connectivity index (χ0v) is 75.6. The Morgan fingerprint density at radius 2 is 0.583 bits per heavy atom. The van der Waals surface area contributed by atoms with Gasteiger partial charge in [0.05, 0.1) is 11.0 Å². The summed E-state index contributed by atoms with van der Waals surface area (Å²) >= 11 is 1.96. The molecule has 0 unspecified atom stereocenters. The number of nitrogens with zero attached hydrogens (tertiary/aromatic N) is 1. The average Bonchev–Trinajstić information content (AvgIpc) is 1.45. The standard InChI is InChI=1S/C62H59NO.C54H50OS/c1-34-16-14-17-35(2)54(34)44-32-50-56-46(30-48-42-26-22-39(61(8,9)10)28-52(42)63(58(48)50)41-24-20-38(21-25-41)60(5,6)7)45(55-36(3)18-15-19-37(55)4)33-51-57(56)47(44)31-49-43-27-23-40(62(11,12)13)29-53(43)64-59(49)51;1-27-17-29(3)47(30(4)18-27)37-25-43-49-39(23-41-35-15-13-33(53(7,8)9)21-45(35)55-51(41)43)38(48-31(5)19-28(2)20-32(48)6)26-44-50(49)40(37)24-42-36-16-14-34(54(10,11)12)22-46(36)56-52(42)44/h14-33H,1-13H3;13-26H,1-12H3. The van der Waals surface area contributed by atoms with E-state index in [1.165, 1.54) is 246 Å². The molecule has 596 valence electrons. The Bertz CT molecular complexity index is 7680. The molecule has 21 aromatic rings. The van der Waals surface area contributed by atoms with Gasteiger partial charge >= 0.3 is 0 Å². The summed E-state index contributed by atoms with van der Waals surface area (Å²) in [6.07, 6.45) is 0. The minimum Gasteiger partial charge on any atom is -0.455 e. The quantitative estimate of drug-likeness (QED) is 0.161. The number of aryl methyl sites for hydroxylation is 10. The number of furan rings is 2. The normalized spacial score (nSPS) is 13.0. The van der Waals surface area contributed by atoms with Gasteiger partial charge in [-0.15, -0.1) is 11.3 Å². The third kappa shape index (κ3) is 11.8. The molecule has 0 amide bonds. The van der Waals surface area contributed by atoms with E-state index in [9.17, 15) is 0 Å². The summed E-state index contributed by atoms with van der Waals surface area (Å²) in [6, 6.07) is 80.4. The predicted molar refractivity (Wildman–Crippen MR) is 525 cm³/mol. The van der Waals surface area contributed by atoms with Gasteiger partial charge < -0.3 is 13.4 Å². The van der Waals surface area contributed by atoms with Gasteiger partial charge in [-0.1, -0.05) is 236 Å². The number of benzene rings is 17. The predicted octanol–water partition coefficient (Wildman–Crippen LogP) is 34.7. The highest BCUT2D eigenvalue weighted by Gasteiger charge is 2.32. The molecule has 0 aliphatic rings. The summed E-state index contributed by atoms with van der Waals surface area (Å²) < 4.78 is 19.6. The first-order chi connectivity index (χ1) is 56.8. The second-order valence-electron chi connectivity index (χ2n) is 41.0. The van der Waals surface area contributed by atoms with Crippen molar-refractivity contribution in [2.45, 2.75) is 200 Å². The first-order valence-electron chi connectivity index (χ1n) is 43.3.